The zero-order valence-corrected chi connectivity index (χ0v) is 6.64. The van der Waals surface area contributed by atoms with Gasteiger partial charge < -0.3 is 8.74 Å². The maximum Gasteiger partial charge on any atom is 0.321 e. The molecule has 0 N–H and O–H groups in total. The molecule has 0 aliphatic rings. The molecule has 0 aromatic heterocycles. The van der Waals surface area contributed by atoms with Crippen LogP contribution >= 0.6 is 0 Å². The minimum absolute atomic E-state index is 0.349. The van der Waals surface area contributed by atoms with Crippen LogP contribution in [0.5, 0.6) is 0 Å². The summed E-state index contributed by atoms with van der Waals surface area (Å²) in [5.74, 6) is -1.05. The molecule has 0 heterocycles. The van der Waals surface area contributed by atoms with Crippen LogP contribution in [-0.2, 0) is 20.3 Å². The topological polar surface area (TPSA) is 66.4 Å². The first-order chi connectivity index (χ1) is 4.57. The summed E-state index contributed by atoms with van der Waals surface area (Å²) in [5.41, 5.74) is 0. The highest BCUT2D eigenvalue weighted by atomic mass is 32.2. The minimum atomic E-state index is -2.72. The predicted molar refractivity (Wildman–Crippen MR) is 34.5 cm³/mol. The third-order valence-electron chi connectivity index (χ3n) is 1.16. The molecule has 0 aromatic rings. The van der Waals surface area contributed by atoms with Crippen LogP contribution in [0.4, 0.5) is 0 Å². The van der Waals surface area contributed by atoms with E-state index in [2.05, 4.69) is 4.18 Å². The minimum Gasteiger partial charge on any atom is -0.740 e. The number of hydrogen-bond acceptors (Lipinski definition) is 4. The summed E-state index contributed by atoms with van der Waals surface area (Å²) in [6.45, 7) is 3.38. The van der Waals surface area contributed by atoms with Crippen molar-refractivity contribution in [3.8, 4) is 0 Å². The van der Waals surface area contributed by atoms with Crippen molar-refractivity contribution in [2.45, 2.75) is 20.3 Å². The van der Waals surface area contributed by atoms with Gasteiger partial charge in [-0.2, -0.15) is 0 Å². The molecule has 0 rings (SSSR count). The van der Waals surface area contributed by atoms with E-state index in [1.807, 2.05) is 0 Å². The Bertz CT molecular complexity index is 145. The maximum atomic E-state index is 10.6. The molecule has 0 saturated carbocycles. The van der Waals surface area contributed by atoms with E-state index in [0.29, 0.717) is 6.42 Å². The molecule has 2 unspecified atom stereocenters. The fraction of sp³-hybridized carbons (Fsp3) is 0.800. The molecule has 2 atom stereocenters. The van der Waals surface area contributed by atoms with E-state index in [-0.39, 0.29) is 5.92 Å². The van der Waals surface area contributed by atoms with Crippen LogP contribution < -0.4 is 0 Å². The van der Waals surface area contributed by atoms with Gasteiger partial charge in [0.2, 0.25) is 0 Å². The van der Waals surface area contributed by atoms with E-state index in [4.69, 9.17) is 0 Å². The van der Waals surface area contributed by atoms with Crippen molar-refractivity contribution in [3.63, 3.8) is 0 Å². The lowest BCUT2D eigenvalue weighted by Crippen LogP contribution is -2.14. The smallest absolute Gasteiger partial charge is 0.321 e. The lowest BCUT2D eigenvalue weighted by atomic mass is 10.1. The molecule has 0 aliphatic heterocycles. The Hall–Kier alpha value is -0.420. The second kappa shape index (κ2) is 4.40. The molecule has 0 fully saturated rings. The van der Waals surface area contributed by atoms with E-state index in [0.717, 1.165) is 0 Å². The van der Waals surface area contributed by atoms with E-state index in [1.165, 1.54) is 0 Å². The fourth-order valence-corrected chi connectivity index (χ4v) is 0.614. The molecule has 0 bridgehead atoms. The quantitative estimate of drug-likeness (QED) is 0.566. The Morgan fingerprint density at radius 3 is 2.60 bits per heavy atom. The van der Waals surface area contributed by atoms with Crippen LogP contribution in [0, 0.1) is 5.92 Å². The van der Waals surface area contributed by atoms with Gasteiger partial charge in [-0.3, -0.25) is 4.79 Å². The fourth-order valence-electron chi connectivity index (χ4n) is 0.316. The molecule has 5 heteroatoms. The number of carbonyl (C=O) groups excluding carboxylic acids is 1. The third kappa shape index (κ3) is 3.58. The van der Waals surface area contributed by atoms with Gasteiger partial charge in [0, 0.05) is 0 Å². The van der Waals surface area contributed by atoms with Crippen molar-refractivity contribution >= 4 is 17.3 Å². The second-order valence-electron chi connectivity index (χ2n) is 1.92. The van der Waals surface area contributed by atoms with E-state index in [1.54, 1.807) is 13.8 Å². The molecule has 0 radical (unpaired) electrons. The van der Waals surface area contributed by atoms with E-state index >= 15 is 0 Å². The van der Waals surface area contributed by atoms with Crippen LogP contribution in [0.2, 0.25) is 0 Å². The third-order valence-corrected chi connectivity index (χ3v) is 1.47. The molecule has 10 heavy (non-hydrogen) atoms. The molecule has 4 nitrogen and oxygen atoms in total. The van der Waals surface area contributed by atoms with Crippen molar-refractivity contribution < 1.29 is 17.7 Å². The maximum absolute atomic E-state index is 10.6. The predicted octanol–water partition coefficient (Wildman–Crippen LogP) is 0.370. The van der Waals surface area contributed by atoms with Crippen LogP contribution in [0.3, 0.4) is 0 Å². The Kier molecular flexibility index (Phi) is 4.22. The zero-order chi connectivity index (χ0) is 8.15. The van der Waals surface area contributed by atoms with Gasteiger partial charge in [-0.25, -0.2) is 4.21 Å². The number of rotatable bonds is 3. The SMILES string of the molecule is CCC(C)C(=O)OS(=O)[O-]. The second-order valence-corrected chi connectivity index (χ2v) is 2.49. The van der Waals surface area contributed by atoms with Gasteiger partial charge in [-0.15, -0.1) is 0 Å². The Morgan fingerprint density at radius 1 is 1.80 bits per heavy atom. The Balaban J connectivity index is 3.73. The number of hydrogen-bond donors (Lipinski definition) is 0. The molecule has 0 aromatic carbocycles. The lowest BCUT2D eigenvalue weighted by Gasteiger charge is -2.08. The van der Waals surface area contributed by atoms with Gasteiger partial charge in [0.15, 0.2) is 0 Å². The Morgan fingerprint density at radius 2 is 2.30 bits per heavy atom. The monoisotopic (exact) mass is 165 g/mol. The molecule has 0 aliphatic carbocycles. The molecule has 60 valence electrons. The van der Waals surface area contributed by atoms with E-state index < -0.39 is 17.3 Å². The van der Waals surface area contributed by atoms with Crippen molar-refractivity contribution in [1.82, 2.24) is 0 Å². The molecular formula is C5H9O4S-. The van der Waals surface area contributed by atoms with Gasteiger partial charge in [0.05, 0.1) is 5.92 Å². The molecule has 0 saturated heterocycles. The van der Waals surface area contributed by atoms with Gasteiger partial charge in [0.1, 0.15) is 11.4 Å². The first-order valence-corrected chi connectivity index (χ1v) is 3.89. The van der Waals surface area contributed by atoms with Crippen molar-refractivity contribution in [2.24, 2.45) is 5.92 Å². The first kappa shape index (κ1) is 9.58. The van der Waals surface area contributed by atoms with Crippen molar-refractivity contribution in [2.75, 3.05) is 0 Å². The van der Waals surface area contributed by atoms with Gasteiger partial charge in [-0.05, 0) is 6.42 Å². The molecular weight excluding hydrogens is 156 g/mol. The zero-order valence-electron chi connectivity index (χ0n) is 5.83. The van der Waals surface area contributed by atoms with Crippen LogP contribution in [-0.4, -0.2) is 14.7 Å². The highest BCUT2D eigenvalue weighted by molar-refractivity contribution is 7.74. The summed E-state index contributed by atoms with van der Waals surface area (Å²) in [6.07, 6.45) is 0.579. The standard InChI is InChI=1S/C5H10O4S/c1-3-4(2)5(6)9-10(7)8/h4H,3H2,1-2H3,(H,7,8)/p-1. The lowest BCUT2D eigenvalue weighted by molar-refractivity contribution is -0.137. The largest absolute Gasteiger partial charge is 0.740 e. The molecule has 0 amide bonds. The first-order valence-electron chi connectivity index (χ1n) is 2.89. The summed E-state index contributed by atoms with van der Waals surface area (Å²) in [4.78, 5) is 10.6. The summed E-state index contributed by atoms with van der Waals surface area (Å²) in [6, 6.07) is 0. The molecule has 0 spiro atoms. The summed E-state index contributed by atoms with van der Waals surface area (Å²) < 4.78 is 23.5. The van der Waals surface area contributed by atoms with Gasteiger partial charge in [-0.1, -0.05) is 13.8 Å². The van der Waals surface area contributed by atoms with Crippen LogP contribution in [0.1, 0.15) is 20.3 Å². The normalized spacial score (nSPS) is 15.9. The van der Waals surface area contributed by atoms with Crippen LogP contribution in [0.15, 0.2) is 0 Å². The summed E-state index contributed by atoms with van der Waals surface area (Å²) >= 11 is -2.72. The van der Waals surface area contributed by atoms with Crippen LogP contribution in [0.25, 0.3) is 0 Å². The highest BCUT2D eigenvalue weighted by Crippen LogP contribution is 2.03. The van der Waals surface area contributed by atoms with Crippen molar-refractivity contribution in [1.29, 1.82) is 0 Å². The van der Waals surface area contributed by atoms with Gasteiger partial charge in [0.25, 0.3) is 0 Å². The van der Waals surface area contributed by atoms with E-state index in [9.17, 15) is 13.6 Å². The summed E-state index contributed by atoms with van der Waals surface area (Å²) in [5, 5.41) is 0. The number of carbonyl (C=O) groups is 1. The van der Waals surface area contributed by atoms with Crippen molar-refractivity contribution in [3.05, 3.63) is 0 Å². The average molecular weight is 165 g/mol. The summed E-state index contributed by atoms with van der Waals surface area (Å²) in [7, 11) is 0. The Labute approximate surface area is 62.1 Å². The van der Waals surface area contributed by atoms with Gasteiger partial charge >= 0.3 is 5.97 Å². The average Bonchev–Trinajstić information content (AvgIpc) is 1.85. The highest BCUT2D eigenvalue weighted by Gasteiger charge is 2.11.